The van der Waals surface area contributed by atoms with Crippen LogP contribution in [0.4, 0.5) is 0 Å². The first-order valence-electron chi connectivity index (χ1n) is 18.9. The zero-order chi connectivity index (χ0) is 35.4. The van der Waals surface area contributed by atoms with E-state index in [9.17, 15) is 35.4 Å². The van der Waals surface area contributed by atoms with E-state index in [-0.39, 0.29) is 42.9 Å². The molecule has 4 fully saturated rings. The molecule has 0 aromatic rings. The molecule has 48 heavy (non-hydrogen) atoms. The van der Waals surface area contributed by atoms with Gasteiger partial charge in [0.25, 0.3) is 0 Å². The Hall–Kier alpha value is -1.11. The molecule has 276 valence electrons. The lowest BCUT2D eigenvalue weighted by Gasteiger charge is -2.64. The lowest BCUT2D eigenvalue weighted by molar-refractivity contribution is -0.202. The summed E-state index contributed by atoms with van der Waals surface area (Å²) in [6, 6.07) is 0. The molecule has 10 heteroatoms. The lowest BCUT2D eigenvalue weighted by atomic mass is 9.42. The van der Waals surface area contributed by atoms with Crippen molar-refractivity contribution in [1.29, 1.82) is 0 Å². The van der Waals surface area contributed by atoms with E-state index in [1.165, 1.54) is 19.3 Å². The van der Waals surface area contributed by atoms with Crippen molar-refractivity contribution in [2.24, 2.45) is 46.3 Å². The number of unbranched alkanes of at least 4 members (excludes halogenated alkanes) is 3. The van der Waals surface area contributed by atoms with Gasteiger partial charge in [0.15, 0.2) is 5.78 Å². The Morgan fingerprint density at radius 1 is 1.08 bits per heavy atom. The van der Waals surface area contributed by atoms with Crippen molar-refractivity contribution >= 4 is 5.78 Å². The van der Waals surface area contributed by atoms with Crippen LogP contribution in [0.5, 0.6) is 0 Å². The summed E-state index contributed by atoms with van der Waals surface area (Å²) in [5.74, 6) is -1.25. The summed E-state index contributed by atoms with van der Waals surface area (Å²) in [4.78, 5) is 14.5. The maximum absolute atomic E-state index is 14.5. The van der Waals surface area contributed by atoms with E-state index in [0.29, 0.717) is 49.6 Å². The standard InChI is InChI=1S/C38H66N2O8/c1-8-9-10-11-12-23-20-48-33(22(23)3)34(45)37(6,46)28-13-14-38(47)30-29(24(19-39-7)16-36(28,38)5)35(4)17-27(43)26(42)15-25(35)32(44)31(30)40-18-21(2)41/h21-29,33-34,39-43,45-47H,8-20H2,1-7H3. The number of carbonyl (C=O) groups excluding carboxylic acids is 1. The molecule has 0 bridgehead atoms. The van der Waals surface area contributed by atoms with Gasteiger partial charge < -0.3 is 46.0 Å². The Balaban J connectivity index is 1.54. The maximum atomic E-state index is 14.5. The first-order chi connectivity index (χ1) is 22.5. The summed E-state index contributed by atoms with van der Waals surface area (Å²) in [7, 11) is 1.88. The second kappa shape index (κ2) is 14.1. The van der Waals surface area contributed by atoms with Gasteiger partial charge in [0.2, 0.25) is 0 Å². The number of fused-ring (bicyclic) bond motifs is 5. The van der Waals surface area contributed by atoms with Crippen LogP contribution in [0.15, 0.2) is 11.3 Å². The summed E-state index contributed by atoms with van der Waals surface area (Å²) < 4.78 is 6.24. The van der Waals surface area contributed by atoms with Crippen molar-refractivity contribution in [1.82, 2.24) is 10.6 Å². The fraction of sp³-hybridized carbons (Fsp3) is 0.921. The molecule has 15 atom stereocenters. The van der Waals surface area contributed by atoms with E-state index >= 15 is 0 Å². The average molecular weight is 679 g/mol. The number of ketones is 1. The molecule has 0 radical (unpaired) electrons. The summed E-state index contributed by atoms with van der Waals surface area (Å²) in [5, 5.41) is 76.2. The van der Waals surface area contributed by atoms with Crippen molar-refractivity contribution in [3.63, 3.8) is 0 Å². The Morgan fingerprint density at radius 2 is 1.79 bits per heavy atom. The minimum atomic E-state index is -1.59. The van der Waals surface area contributed by atoms with Crippen LogP contribution in [0.1, 0.15) is 106 Å². The number of aliphatic hydroxyl groups is 6. The first-order valence-corrected chi connectivity index (χ1v) is 18.9. The van der Waals surface area contributed by atoms with Gasteiger partial charge in [-0.3, -0.25) is 4.79 Å². The molecule has 5 aliphatic rings. The molecule has 1 heterocycles. The SMILES string of the molecule is CCCCCCC1COC(C(O)C(C)(O)C2CCC3(O)C4=C(NCC(C)O)C(=O)C5CC(O)C(O)CC5(C)C4C(CNC)CC23C)C1C. The Bertz CT molecular complexity index is 1190. The van der Waals surface area contributed by atoms with Crippen LogP contribution in [0.25, 0.3) is 0 Å². The number of allylic oxidation sites excluding steroid dienone is 1. The van der Waals surface area contributed by atoms with E-state index in [0.717, 1.165) is 12.8 Å². The third-order valence-corrected chi connectivity index (χ3v) is 14.2. The largest absolute Gasteiger partial charge is 0.392 e. The van der Waals surface area contributed by atoms with Crippen LogP contribution in [-0.4, -0.2) is 105 Å². The van der Waals surface area contributed by atoms with Crippen LogP contribution in [0.3, 0.4) is 0 Å². The van der Waals surface area contributed by atoms with E-state index in [1.807, 2.05) is 20.9 Å². The molecule has 1 aliphatic heterocycles. The van der Waals surface area contributed by atoms with E-state index < -0.39 is 64.4 Å². The zero-order valence-electron chi connectivity index (χ0n) is 30.5. The minimum Gasteiger partial charge on any atom is -0.392 e. The summed E-state index contributed by atoms with van der Waals surface area (Å²) >= 11 is 0. The minimum absolute atomic E-state index is 0.0777. The maximum Gasteiger partial charge on any atom is 0.182 e. The number of aliphatic hydroxyl groups excluding tert-OH is 4. The number of rotatable bonds is 13. The van der Waals surface area contributed by atoms with Gasteiger partial charge in [-0.25, -0.2) is 0 Å². The molecule has 5 rings (SSSR count). The predicted octanol–water partition coefficient (Wildman–Crippen LogP) is 2.67. The van der Waals surface area contributed by atoms with Gasteiger partial charge in [-0.05, 0) is 107 Å². The van der Waals surface area contributed by atoms with Crippen molar-refractivity contribution < 1.29 is 40.2 Å². The lowest BCUT2D eigenvalue weighted by Crippen LogP contribution is -2.67. The molecule has 3 saturated carbocycles. The fourth-order valence-electron chi connectivity index (χ4n) is 11.6. The Kier molecular flexibility index (Phi) is 11.2. The number of nitrogens with one attached hydrogen (secondary N) is 2. The normalized spacial score (nSPS) is 45.3. The van der Waals surface area contributed by atoms with E-state index in [1.54, 1.807) is 13.8 Å². The van der Waals surface area contributed by atoms with Crippen molar-refractivity contribution in [2.75, 3.05) is 26.7 Å². The van der Waals surface area contributed by atoms with Crippen molar-refractivity contribution in [2.45, 2.75) is 147 Å². The predicted molar refractivity (Wildman–Crippen MR) is 184 cm³/mol. The second-order valence-electron chi connectivity index (χ2n) is 17.3. The third-order valence-electron chi connectivity index (χ3n) is 14.2. The zero-order valence-corrected chi connectivity index (χ0v) is 30.5. The van der Waals surface area contributed by atoms with Gasteiger partial charge >= 0.3 is 0 Å². The highest BCUT2D eigenvalue weighted by Crippen LogP contribution is 2.70. The Labute approximate surface area is 288 Å². The summed E-state index contributed by atoms with van der Waals surface area (Å²) in [6.45, 7) is 13.0. The number of hydrogen-bond donors (Lipinski definition) is 8. The number of ether oxygens (including phenoxy) is 1. The Morgan fingerprint density at radius 3 is 2.44 bits per heavy atom. The molecule has 1 saturated heterocycles. The molecular weight excluding hydrogens is 612 g/mol. The van der Waals surface area contributed by atoms with Gasteiger partial charge in [0.1, 0.15) is 6.10 Å². The first kappa shape index (κ1) is 38.1. The van der Waals surface area contributed by atoms with Crippen molar-refractivity contribution in [3.8, 4) is 0 Å². The molecule has 0 aromatic carbocycles. The van der Waals surface area contributed by atoms with Gasteiger partial charge in [-0.15, -0.1) is 0 Å². The second-order valence-corrected chi connectivity index (χ2v) is 17.3. The van der Waals surface area contributed by atoms with Gasteiger partial charge in [-0.1, -0.05) is 53.4 Å². The van der Waals surface area contributed by atoms with Crippen LogP contribution < -0.4 is 10.6 Å². The quantitative estimate of drug-likeness (QED) is 0.136. The summed E-state index contributed by atoms with van der Waals surface area (Å²) in [5.41, 5.74) is -3.81. The smallest absolute Gasteiger partial charge is 0.182 e. The molecule has 8 N–H and O–H groups in total. The average Bonchev–Trinajstić information content (AvgIpc) is 3.51. The molecular formula is C38H66N2O8. The van der Waals surface area contributed by atoms with Gasteiger partial charge in [0.05, 0.1) is 47.9 Å². The number of hydrogen-bond acceptors (Lipinski definition) is 10. The molecule has 0 spiro atoms. The number of carbonyl (C=O) groups is 1. The highest BCUT2D eigenvalue weighted by molar-refractivity contribution is 6.00. The van der Waals surface area contributed by atoms with Crippen LogP contribution in [0, 0.1) is 46.3 Å². The van der Waals surface area contributed by atoms with E-state index in [4.69, 9.17) is 4.74 Å². The van der Waals surface area contributed by atoms with Crippen LogP contribution in [0.2, 0.25) is 0 Å². The highest BCUT2D eigenvalue weighted by atomic mass is 16.5. The molecule has 4 aliphatic carbocycles. The van der Waals surface area contributed by atoms with Gasteiger partial charge in [0, 0.05) is 17.9 Å². The molecule has 0 aromatic heterocycles. The molecule has 0 amide bonds. The fourth-order valence-corrected chi connectivity index (χ4v) is 11.6. The molecule has 15 unspecified atom stereocenters. The van der Waals surface area contributed by atoms with Crippen LogP contribution >= 0.6 is 0 Å². The number of Topliss-reactive ketones (excluding diaryl/α,β-unsaturated/α-hetero) is 1. The van der Waals surface area contributed by atoms with Crippen molar-refractivity contribution in [3.05, 3.63) is 11.3 Å². The van der Waals surface area contributed by atoms with E-state index in [2.05, 4.69) is 24.5 Å². The topological polar surface area (TPSA) is 172 Å². The van der Waals surface area contributed by atoms with Gasteiger partial charge in [-0.2, -0.15) is 0 Å². The highest BCUT2D eigenvalue weighted by Gasteiger charge is 2.72. The monoisotopic (exact) mass is 678 g/mol. The molecule has 10 nitrogen and oxygen atoms in total. The van der Waals surface area contributed by atoms with Crippen LogP contribution in [-0.2, 0) is 9.53 Å². The third kappa shape index (κ3) is 6.12. The summed E-state index contributed by atoms with van der Waals surface area (Å²) in [6.07, 6.45) is 2.94.